The molecule has 1 atom stereocenters. The molecule has 0 bridgehead atoms. The summed E-state index contributed by atoms with van der Waals surface area (Å²) >= 11 is 0. The zero-order chi connectivity index (χ0) is 21.5. The first-order chi connectivity index (χ1) is 14.3. The second-order valence-electron chi connectivity index (χ2n) is 8.02. The normalized spacial score (nSPS) is 20.1. The number of nitrogens with zero attached hydrogens (tertiary/aromatic N) is 4. The fourth-order valence-corrected chi connectivity index (χ4v) is 4.20. The van der Waals surface area contributed by atoms with Gasteiger partial charge < -0.3 is 15.1 Å². The second-order valence-corrected chi connectivity index (χ2v) is 8.02. The van der Waals surface area contributed by atoms with Gasteiger partial charge in [0.1, 0.15) is 11.5 Å². The molecule has 30 heavy (non-hydrogen) atoms. The summed E-state index contributed by atoms with van der Waals surface area (Å²) in [7, 11) is 3.79. The SMILES string of the molecule is CN(C)c1ccc(NC(=O)CCN2C(=O)c3ccccc3N3C(=O)CC[C@@]23C)cn1. The van der Waals surface area contributed by atoms with Crippen molar-refractivity contribution < 1.29 is 14.4 Å². The number of hydrogen-bond donors (Lipinski definition) is 1. The third-order valence-electron chi connectivity index (χ3n) is 5.80. The number of nitrogens with one attached hydrogen (secondary N) is 1. The van der Waals surface area contributed by atoms with E-state index in [1.165, 1.54) is 0 Å². The van der Waals surface area contributed by atoms with E-state index in [1.807, 2.05) is 44.1 Å². The first-order valence-corrected chi connectivity index (χ1v) is 9.98. The van der Waals surface area contributed by atoms with Gasteiger partial charge in [-0.2, -0.15) is 0 Å². The Morgan fingerprint density at radius 2 is 1.97 bits per heavy atom. The molecule has 0 radical (unpaired) electrons. The maximum Gasteiger partial charge on any atom is 0.257 e. The van der Waals surface area contributed by atoms with E-state index in [-0.39, 0.29) is 30.7 Å². The number of aromatic nitrogens is 1. The minimum Gasteiger partial charge on any atom is -0.363 e. The summed E-state index contributed by atoms with van der Waals surface area (Å²) in [5.41, 5.74) is 0.997. The highest BCUT2D eigenvalue weighted by molar-refractivity contribution is 6.10. The average Bonchev–Trinajstić information content (AvgIpc) is 3.03. The van der Waals surface area contributed by atoms with Crippen LogP contribution in [0.25, 0.3) is 0 Å². The molecule has 0 saturated carbocycles. The van der Waals surface area contributed by atoms with E-state index >= 15 is 0 Å². The Morgan fingerprint density at radius 3 is 2.67 bits per heavy atom. The van der Waals surface area contributed by atoms with E-state index in [9.17, 15) is 14.4 Å². The highest BCUT2D eigenvalue weighted by atomic mass is 16.2. The number of hydrogen-bond acceptors (Lipinski definition) is 5. The van der Waals surface area contributed by atoms with Crippen LogP contribution in [-0.4, -0.2) is 53.9 Å². The number of para-hydroxylation sites is 1. The third-order valence-corrected chi connectivity index (χ3v) is 5.80. The van der Waals surface area contributed by atoms with Crippen molar-refractivity contribution in [2.45, 2.75) is 31.8 Å². The Hall–Kier alpha value is -3.42. The Balaban J connectivity index is 1.49. The number of anilines is 3. The van der Waals surface area contributed by atoms with Crippen molar-refractivity contribution >= 4 is 34.9 Å². The van der Waals surface area contributed by atoms with Crippen LogP contribution in [-0.2, 0) is 9.59 Å². The van der Waals surface area contributed by atoms with Crippen LogP contribution in [0, 0.1) is 0 Å². The molecule has 3 amide bonds. The van der Waals surface area contributed by atoms with Gasteiger partial charge in [-0.05, 0) is 37.6 Å². The number of benzene rings is 1. The van der Waals surface area contributed by atoms with Gasteiger partial charge in [-0.15, -0.1) is 0 Å². The van der Waals surface area contributed by atoms with Gasteiger partial charge in [-0.25, -0.2) is 4.98 Å². The number of rotatable bonds is 5. The number of fused-ring (bicyclic) bond motifs is 3. The molecule has 2 aliphatic rings. The van der Waals surface area contributed by atoms with Crippen LogP contribution >= 0.6 is 0 Å². The molecule has 8 nitrogen and oxygen atoms in total. The fraction of sp³-hybridized carbons (Fsp3) is 0.364. The molecule has 3 heterocycles. The third kappa shape index (κ3) is 3.28. The maximum absolute atomic E-state index is 13.2. The lowest BCUT2D eigenvalue weighted by Gasteiger charge is -2.48. The van der Waals surface area contributed by atoms with Crippen LogP contribution in [0.3, 0.4) is 0 Å². The lowest BCUT2D eigenvalue weighted by molar-refractivity contribution is -0.117. The number of carbonyl (C=O) groups is 3. The highest BCUT2D eigenvalue weighted by Crippen LogP contribution is 2.43. The molecule has 0 aliphatic carbocycles. The summed E-state index contributed by atoms with van der Waals surface area (Å²) < 4.78 is 0. The van der Waals surface area contributed by atoms with Crippen molar-refractivity contribution in [2.75, 3.05) is 35.8 Å². The Labute approximate surface area is 175 Å². The first-order valence-electron chi connectivity index (χ1n) is 9.98. The van der Waals surface area contributed by atoms with Gasteiger partial charge in [0.05, 0.1) is 23.1 Å². The lowest BCUT2D eigenvalue weighted by atomic mass is 9.98. The van der Waals surface area contributed by atoms with E-state index in [0.29, 0.717) is 29.8 Å². The number of amides is 3. The summed E-state index contributed by atoms with van der Waals surface area (Å²) in [6.45, 7) is 2.12. The monoisotopic (exact) mass is 407 g/mol. The van der Waals surface area contributed by atoms with Crippen molar-refractivity contribution in [3.8, 4) is 0 Å². The van der Waals surface area contributed by atoms with E-state index in [4.69, 9.17) is 0 Å². The van der Waals surface area contributed by atoms with Crippen LogP contribution < -0.4 is 15.1 Å². The molecule has 1 aromatic heterocycles. The molecular weight excluding hydrogens is 382 g/mol. The smallest absolute Gasteiger partial charge is 0.257 e. The maximum atomic E-state index is 13.2. The van der Waals surface area contributed by atoms with Crippen LogP contribution in [0.1, 0.15) is 36.5 Å². The largest absolute Gasteiger partial charge is 0.363 e. The molecular formula is C22H25N5O3. The van der Waals surface area contributed by atoms with Gasteiger partial charge in [0.15, 0.2) is 0 Å². The molecule has 1 saturated heterocycles. The van der Waals surface area contributed by atoms with E-state index < -0.39 is 5.66 Å². The summed E-state index contributed by atoms with van der Waals surface area (Å²) in [4.78, 5) is 47.8. The molecule has 8 heteroatoms. The topological polar surface area (TPSA) is 85.9 Å². The molecule has 156 valence electrons. The van der Waals surface area contributed by atoms with Gasteiger partial charge in [0, 0.05) is 33.5 Å². The Kier molecular flexibility index (Phi) is 4.93. The molecule has 1 aromatic carbocycles. The van der Waals surface area contributed by atoms with Crippen molar-refractivity contribution in [1.29, 1.82) is 0 Å². The highest BCUT2D eigenvalue weighted by Gasteiger charge is 2.52. The summed E-state index contributed by atoms with van der Waals surface area (Å²) in [5.74, 6) is 0.438. The molecule has 1 N–H and O–H groups in total. The van der Waals surface area contributed by atoms with Gasteiger partial charge in [0.2, 0.25) is 11.8 Å². The molecule has 0 spiro atoms. The van der Waals surface area contributed by atoms with Gasteiger partial charge >= 0.3 is 0 Å². The van der Waals surface area contributed by atoms with Crippen LogP contribution in [0.15, 0.2) is 42.6 Å². The van der Waals surface area contributed by atoms with Crippen molar-refractivity contribution in [3.63, 3.8) is 0 Å². The van der Waals surface area contributed by atoms with Crippen LogP contribution in [0.4, 0.5) is 17.2 Å². The molecule has 2 aliphatic heterocycles. The Morgan fingerprint density at radius 1 is 1.20 bits per heavy atom. The predicted molar refractivity (Wildman–Crippen MR) is 114 cm³/mol. The second kappa shape index (κ2) is 7.44. The summed E-state index contributed by atoms with van der Waals surface area (Å²) in [6, 6.07) is 10.8. The predicted octanol–water partition coefficient (Wildman–Crippen LogP) is 2.48. The molecule has 1 fully saturated rings. The van der Waals surface area contributed by atoms with Crippen molar-refractivity contribution in [1.82, 2.24) is 9.88 Å². The van der Waals surface area contributed by atoms with E-state index in [0.717, 1.165) is 5.82 Å². The lowest BCUT2D eigenvalue weighted by Crippen LogP contribution is -2.62. The number of pyridine rings is 1. The van der Waals surface area contributed by atoms with Crippen molar-refractivity contribution in [2.24, 2.45) is 0 Å². The zero-order valence-electron chi connectivity index (χ0n) is 17.4. The van der Waals surface area contributed by atoms with Gasteiger partial charge in [-0.3, -0.25) is 19.3 Å². The standard InChI is InChI=1S/C22H25N5O3/c1-22-12-10-20(29)27(22)17-7-5-4-6-16(17)21(30)26(22)13-11-19(28)24-15-8-9-18(23-14-15)25(2)3/h4-9,14H,10-13H2,1-3H3,(H,24,28)/t22-/m0/s1. The summed E-state index contributed by atoms with van der Waals surface area (Å²) in [5, 5.41) is 2.82. The van der Waals surface area contributed by atoms with Crippen molar-refractivity contribution in [3.05, 3.63) is 48.2 Å². The fourth-order valence-electron chi connectivity index (χ4n) is 4.20. The molecule has 4 rings (SSSR count). The number of carbonyl (C=O) groups excluding carboxylic acids is 3. The quantitative estimate of drug-likeness (QED) is 0.823. The van der Waals surface area contributed by atoms with Crippen LogP contribution in [0.2, 0.25) is 0 Å². The van der Waals surface area contributed by atoms with Gasteiger partial charge in [0.25, 0.3) is 5.91 Å². The molecule has 0 unspecified atom stereocenters. The van der Waals surface area contributed by atoms with E-state index in [2.05, 4.69) is 10.3 Å². The van der Waals surface area contributed by atoms with Gasteiger partial charge in [-0.1, -0.05) is 12.1 Å². The first kappa shape index (κ1) is 19.9. The minimum absolute atomic E-state index is 0.000965. The Bertz CT molecular complexity index is 1000. The molecule has 2 aromatic rings. The average molecular weight is 407 g/mol. The van der Waals surface area contributed by atoms with Crippen LogP contribution in [0.5, 0.6) is 0 Å². The summed E-state index contributed by atoms with van der Waals surface area (Å²) in [6.07, 6.45) is 2.66. The minimum atomic E-state index is -0.752. The van der Waals surface area contributed by atoms with E-state index in [1.54, 1.807) is 34.2 Å². The zero-order valence-corrected chi connectivity index (χ0v) is 17.4.